The number of carbonyl (C=O) groups is 1. The molecular weight excluding hydrogens is 381 g/mol. The summed E-state index contributed by atoms with van der Waals surface area (Å²) >= 11 is 0. The summed E-state index contributed by atoms with van der Waals surface area (Å²) in [7, 11) is 0. The zero-order valence-electron chi connectivity index (χ0n) is 15.8. The zero-order chi connectivity index (χ0) is 20.5. The maximum Gasteiger partial charge on any atom is 0.230 e. The van der Waals surface area contributed by atoms with Gasteiger partial charge in [0.25, 0.3) is 0 Å². The summed E-state index contributed by atoms with van der Waals surface area (Å²) in [5, 5.41) is 2.93. The van der Waals surface area contributed by atoms with Crippen LogP contribution in [0.25, 0.3) is 16.9 Å². The molecule has 6 nitrogen and oxygen atoms in total. The molecule has 2 aromatic heterocycles. The van der Waals surface area contributed by atoms with Gasteiger partial charge >= 0.3 is 0 Å². The third kappa shape index (κ3) is 3.48. The molecule has 7 heteroatoms. The van der Waals surface area contributed by atoms with Crippen LogP contribution < -0.4 is 5.32 Å². The van der Waals surface area contributed by atoms with E-state index in [9.17, 15) is 9.18 Å². The molecule has 0 radical (unpaired) electrons. The lowest BCUT2D eigenvalue weighted by Crippen LogP contribution is -2.15. The number of imidazole rings is 1. The Kier molecular flexibility index (Phi) is 4.40. The fraction of sp³-hybridized carbons (Fsp3) is 0.0435. The molecule has 0 unspecified atom stereocenters. The number of benzene rings is 2. The van der Waals surface area contributed by atoms with Gasteiger partial charge in [-0.3, -0.25) is 14.4 Å². The first kappa shape index (κ1) is 17.9. The molecule has 0 aliphatic carbocycles. The molecule has 3 heterocycles. The maximum atomic E-state index is 13.2. The molecule has 1 amide bonds. The third-order valence-corrected chi connectivity index (χ3v) is 4.88. The van der Waals surface area contributed by atoms with Crippen LogP contribution in [0.15, 0.2) is 84.5 Å². The van der Waals surface area contributed by atoms with Gasteiger partial charge in [0.15, 0.2) is 0 Å². The van der Waals surface area contributed by atoms with Crippen molar-refractivity contribution < 1.29 is 9.18 Å². The molecule has 0 bridgehead atoms. The predicted molar refractivity (Wildman–Crippen MR) is 113 cm³/mol. The first-order valence-electron chi connectivity index (χ1n) is 9.38. The van der Waals surface area contributed by atoms with Crippen molar-refractivity contribution in [3.05, 3.63) is 90.9 Å². The van der Waals surface area contributed by atoms with Crippen LogP contribution in [0.3, 0.4) is 0 Å². The van der Waals surface area contributed by atoms with Gasteiger partial charge in [-0.05, 0) is 47.5 Å². The molecule has 5 rings (SSSR count). The van der Waals surface area contributed by atoms with Gasteiger partial charge in [0.05, 0.1) is 23.5 Å². The lowest BCUT2D eigenvalue weighted by atomic mass is 10.0. The number of amides is 1. The minimum atomic E-state index is -0.288. The maximum absolute atomic E-state index is 13.2. The normalized spacial score (nSPS) is 13.2. The van der Waals surface area contributed by atoms with Crippen molar-refractivity contribution in [2.24, 2.45) is 4.99 Å². The number of halogens is 1. The van der Waals surface area contributed by atoms with E-state index in [0.717, 1.165) is 16.7 Å². The van der Waals surface area contributed by atoms with Crippen LogP contribution in [0.2, 0.25) is 0 Å². The molecule has 0 fully saturated rings. The molecule has 1 aliphatic heterocycles. The fourth-order valence-corrected chi connectivity index (χ4v) is 3.39. The largest absolute Gasteiger partial charge is 0.324 e. The number of rotatable bonds is 3. The average molecular weight is 397 g/mol. The predicted octanol–water partition coefficient (Wildman–Crippen LogP) is 4.54. The van der Waals surface area contributed by atoms with Crippen molar-refractivity contribution in [1.29, 1.82) is 0 Å². The molecule has 0 saturated carbocycles. The molecule has 0 saturated heterocycles. The molecule has 1 N–H and O–H groups in total. The van der Waals surface area contributed by atoms with Gasteiger partial charge in [-0.1, -0.05) is 18.2 Å². The summed E-state index contributed by atoms with van der Waals surface area (Å²) < 4.78 is 15.0. The van der Waals surface area contributed by atoms with Crippen molar-refractivity contribution in [3.8, 4) is 16.9 Å². The Hall–Kier alpha value is -4.13. The van der Waals surface area contributed by atoms with Crippen LogP contribution in [0.5, 0.6) is 0 Å². The Morgan fingerprint density at radius 3 is 2.57 bits per heavy atom. The van der Waals surface area contributed by atoms with Crippen molar-refractivity contribution in [2.75, 3.05) is 5.32 Å². The van der Waals surface area contributed by atoms with E-state index in [4.69, 9.17) is 4.99 Å². The lowest BCUT2D eigenvalue weighted by molar-refractivity contribution is -0.115. The Labute approximate surface area is 171 Å². The number of aromatic nitrogens is 3. The van der Waals surface area contributed by atoms with Gasteiger partial charge in [0.1, 0.15) is 18.0 Å². The fourth-order valence-electron chi connectivity index (χ4n) is 3.39. The van der Waals surface area contributed by atoms with E-state index < -0.39 is 0 Å². The van der Waals surface area contributed by atoms with E-state index in [0.29, 0.717) is 22.9 Å². The number of pyridine rings is 1. The van der Waals surface area contributed by atoms with Crippen molar-refractivity contribution >= 4 is 23.0 Å². The van der Waals surface area contributed by atoms with Gasteiger partial charge in [-0.25, -0.2) is 14.4 Å². The highest BCUT2D eigenvalue weighted by atomic mass is 19.1. The number of hydrogen-bond acceptors (Lipinski definition) is 4. The van der Waals surface area contributed by atoms with Crippen LogP contribution in [-0.4, -0.2) is 26.2 Å². The van der Waals surface area contributed by atoms with Gasteiger partial charge in [0, 0.05) is 24.2 Å². The Morgan fingerprint density at radius 1 is 0.933 bits per heavy atom. The van der Waals surface area contributed by atoms with Gasteiger partial charge in [-0.2, -0.15) is 0 Å². The number of carbonyl (C=O) groups excluding carboxylic acids is 1. The molecule has 30 heavy (non-hydrogen) atoms. The van der Waals surface area contributed by atoms with Crippen molar-refractivity contribution in [1.82, 2.24) is 14.5 Å². The zero-order valence-corrected chi connectivity index (χ0v) is 15.8. The second kappa shape index (κ2) is 7.36. The van der Waals surface area contributed by atoms with Gasteiger partial charge in [0.2, 0.25) is 5.91 Å². The van der Waals surface area contributed by atoms with Crippen LogP contribution in [0.4, 0.5) is 15.8 Å². The minimum Gasteiger partial charge on any atom is -0.324 e. The molecule has 146 valence electrons. The number of nitrogens with zero attached hydrogens (tertiary/aromatic N) is 4. The number of hydrogen-bond donors (Lipinski definition) is 1. The minimum absolute atomic E-state index is 0.147. The van der Waals surface area contributed by atoms with Crippen molar-refractivity contribution in [3.63, 3.8) is 0 Å². The molecular formula is C23H16FN5O. The smallest absolute Gasteiger partial charge is 0.230 e. The summed E-state index contributed by atoms with van der Waals surface area (Å²) in [5.74, 6) is 0.262. The molecule has 2 aromatic carbocycles. The van der Waals surface area contributed by atoms with E-state index in [-0.39, 0.29) is 18.1 Å². The van der Waals surface area contributed by atoms with Crippen LogP contribution in [0, 0.1) is 5.82 Å². The third-order valence-electron chi connectivity index (χ3n) is 4.88. The summed E-state index contributed by atoms with van der Waals surface area (Å²) in [6.07, 6.45) is 6.99. The second-order valence-electron chi connectivity index (χ2n) is 6.89. The van der Waals surface area contributed by atoms with E-state index in [1.807, 2.05) is 30.3 Å². The van der Waals surface area contributed by atoms with Crippen LogP contribution >= 0.6 is 0 Å². The molecule has 0 atom stereocenters. The Bertz CT molecular complexity index is 1260. The topological polar surface area (TPSA) is 72.2 Å². The molecule has 1 aliphatic rings. The quantitative estimate of drug-likeness (QED) is 0.552. The molecule has 0 spiro atoms. The van der Waals surface area contributed by atoms with E-state index in [1.54, 1.807) is 41.6 Å². The summed E-state index contributed by atoms with van der Waals surface area (Å²) in [6.45, 7) is 0. The highest BCUT2D eigenvalue weighted by molar-refractivity contribution is 6.17. The number of aliphatic imine (C=N–C) groups is 1. The van der Waals surface area contributed by atoms with Crippen LogP contribution in [0.1, 0.15) is 12.0 Å². The average Bonchev–Trinajstić information content (AvgIpc) is 3.24. The summed E-state index contributed by atoms with van der Waals surface area (Å²) in [6, 6.07) is 15.6. The first-order valence-corrected chi connectivity index (χ1v) is 9.38. The molecule has 4 aromatic rings. The van der Waals surface area contributed by atoms with Crippen molar-refractivity contribution in [2.45, 2.75) is 6.42 Å². The number of anilines is 1. The van der Waals surface area contributed by atoms with E-state index in [1.165, 1.54) is 12.1 Å². The Balaban J connectivity index is 1.54. The Morgan fingerprint density at radius 2 is 1.77 bits per heavy atom. The summed E-state index contributed by atoms with van der Waals surface area (Å²) in [4.78, 5) is 25.7. The van der Waals surface area contributed by atoms with E-state index in [2.05, 4.69) is 15.3 Å². The summed E-state index contributed by atoms with van der Waals surface area (Å²) in [5.41, 5.74) is 4.51. The highest BCUT2D eigenvalue weighted by Gasteiger charge is 2.18. The number of nitrogens with one attached hydrogen (secondary N) is 1. The van der Waals surface area contributed by atoms with E-state index >= 15 is 0 Å². The SMILES string of the molecule is O=C1CC(c2ccnc(-n3ccnc3)c2)=Nc2ccc(-c3ccc(F)cc3)cc2N1. The highest BCUT2D eigenvalue weighted by Crippen LogP contribution is 2.33. The van der Waals surface area contributed by atoms with Gasteiger partial charge < -0.3 is 5.32 Å². The standard InChI is InChI=1S/C23H16FN5O/c24-18-4-1-15(2-5-18)16-3-6-19-21(11-16)28-23(30)13-20(27-19)17-7-8-26-22(12-17)29-10-9-25-14-29/h1-12,14H,13H2,(H,28,30). The first-order chi connectivity index (χ1) is 14.7. The van der Waals surface area contributed by atoms with Crippen LogP contribution in [-0.2, 0) is 4.79 Å². The lowest BCUT2D eigenvalue weighted by Gasteiger charge is -2.08. The number of fused-ring (bicyclic) bond motifs is 1. The van der Waals surface area contributed by atoms with Gasteiger partial charge in [-0.15, -0.1) is 0 Å². The second-order valence-corrected chi connectivity index (χ2v) is 6.89. The monoisotopic (exact) mass is 397 g/mol.